The van der Waals surface area contributed by atoms with Crippen molar-refractivity contribution in [3.05, 3.63) is 58.2 Å². The van der Waals surface area contributed by atoms with E-state index in [9.17, 15) is 9.59 Å². The number of hydrogen-bond donors (Lipinski definition) is 2. The molecule has 1 aliphatic rings. The second-order valence-electron chi connectivity index (χ2n) is 5.69. The summed E-state index contributed by atoms with van der Waals surface area (Å²) >= 11 is 8.66. The molecule has 1 aliphatic heterocycles. The van der Waals surface area contributed by atoms with E-state index in [1.165, 1.54) is 4.90 Å². The van der Waals surface area contributed by atoms with Crippen LogP contribution >= 0.6 is 28.1 Å². The monoisotopic (exact) mass is 462 g/mol. The van der Waals surface area contributed by atoms with Gasteiger partial charge in [0, 0.05) is 10.0 Å². The number of anilines is 1. The van der Waals surface area contributed by atoms with Gasteiger partial charge < -0.3 is 19.9 Å². The van der Waals surface area contributed by atoms with Crippen LogP contribution in [0.2, 0.25) is 0 Å². The Labute approximate surface area is 174 Å². The van der Waals surface area contributed by atoms with Crippen molar-refractivity contribution in [2.45, 2.75) is 0 Å². The van der Waals surface area contributed by atoms with E-state index in [1.54, 1.807) is 55.7 Å². The molecule has 28 heavy (non-hydrogen) atoms. The van der Waals surface area contributed by atoms with Crippen LogP contribution < -0.4 is 19.7 Å². The number of carbonyl (C=O) groups excluding carboxylic acids is 1. The van der Waals surface area contributed by atoms with E-state index in [0.29, 0.717) is 22.7 Å². The SMILES string of the molecule is COc1ccc(N2C(=O)/C(=C/c3cc(Br)ccc3OCC(=O)O)NC2=S)cc1. The Kier molecular flexibility index (Phi) is 5.96. The first-order valence-electron chi connectivity index (χ1n) is 8.04. The largest absolute Gasteiger partial charge is 0.497 e. The normalized spacial score (nSPS) is 14.9. The van der Waals surface area contributed by atoms with Crippen molar-refractivity contribution < 1.29 is 24.2 Å². The Hall–Kier alpha value is -2.91. The van der Waals surface area contributed by atoms with Crippen molar-refractivity contribution in [1.29, 1.82) is 0 Å². The lowest BCUT2D eigenvalue weighted by molar-refractivity contribution is -0.139. The number of methoxy groups -OCH3 is 1. The summed E-state index contributed by atoms with van der Waals surface area (Å²) < 4.78 is 11.2. The minimum absolute atomic E-state index is 0.240. The molecule has 9 heteroatoms. The van der Waals surface area contributed by atoms with Crippen molar-refractivity contribution >= 4 is 56.9 Å². The summed E-state index contributed by atoms with van der Waals surface area (Å²) in [5.41, 5.74) is 1.38. The Bertz CT molecular complexity index is 975. The number of carbonyl (C=O) groups is 2. The Morgan fingerprint density at radius 3 is 2.64 bits per heavy atom. The van der Waals surface area contributed by atoms with E-state index in [4.69, 9.17) is 26.8 Å². The van der Waals surface area contributed by atoms with Crippen molar-refractivity contribution in [3.63, 3.8) is 0 Å². The second kappa shape index (κ2) is 8.41. The number of hydrogen-bond acceptors (Lipinski definition) is 5. The van der Waals surface area contributed by atoms with Crippen LogP contribution in [0.3, 0.4) is 0 Å². The number of ether oxygens (including phenoxy) is 2. The zero-order valence-corrected chi connectivity index (χ0v) is 17.0. The van der Waals surface area contributed by atoms with Gasteiger partial charge >= 0.3 is 5.97 Å². The van der Waals surface area contributed by atoms with Gasteiger partial charge in [0.05, 0.1) is 12.8 Å². The molecule has 1 saturated heterocycles. The molecule has 0 atom stereocenters. The van der Waals surface area contributed by atoms with E-state index in [-0.39, 0.29) is 16.7 Å². The van der Waals surface area contributed by atoms with Gasteiger partial charge in [-0.25, -0.2) is 4.79 Å². The lowest BCUT2D eigenvalue weighted by Gasteiger charge is -2.14. The van der Waals surface area contributed by atoms with Crippen LogP contribution in [0.25, 0.3) is 6.08 Å². The maximum absolute atomic E-state index is 12.9. The molecular weight excluding hydrogens is 448 g/mol. The third kappa shape index (κ3) is 4.32. The van der Waals surface area contributed by atoms with Gasteiger partial charge in [-0.1, -0.05) is 15.9 Å². The smallest absolute Gasteiger partial charge is 0.341 e. The van der Waals surface area contributed by atoms with Gasteiger partial charge in [0.25, 0.3) is 5.91 Å². The zero-order valence-electron chi connectivity index (χ0n) is 14.6. The molecule has 0 spiro atoms. The van der Waals surface area contributed by atoms with Crippen LogP contribution in [0.4, 0.5) is 5.69 Å². The van der Waals surface area contributed by atoms with E-state index < -0.39 is 12.6 Å². The van der Waals surface area contributed by atoms with Crippen molar-refractivity contribution in [3.8, 4) is 11.5 Å². The lowest BCUT2D eigenvalue weighted by atomic mass is 10.1. The molecular formula is C19H15BrN2O5S. The second-order valence-corrected chi connectivity index (χ2v) is 6.99. The minimum Gasteiger partial charge on any atom is -0.497 e. The van der Waals surface area contributed by atoms with Gasteiger partial charge in [0.2, 0.25) is 0 Å². The number of benzene rings is 2. The molecule has 0 saturated carbocycles. The average Bonchev–Trinajstić information content (AvgIpc) is 2.94. The molecule has 144 valence electrons. The number of amides is 1. The summed E-state index contributed by atoms with van der Waals surface area (Å²) in [7, 11) is 1.56. The van der Waals surface area contributed by atoms with Crippen molar-refractivity contribution in [2.24, 2.45) is 0 Å². The number of carboxylic acid groups (broad SMARTS) is 1. The molecule has 0 aromatic heterocycles. The Morgan fingerprint density at radius 2 is 2.00 bits per heavy atom. The third-order valence-corrected chi connectivity index (χ3v) is 4.61. The van der Waals surface area contributed by atoms with Crippen LogP contribution in [-0.4, -0.2) is 35.8 Å². The molecule has 1 amide bonds. The number of nitrogens with one attached hydrogen (secondary N) is 1. The molecule has 2 N–H and O–H groups in total. The van der Waals surface area contributed by atoms with Crippen LogP contribution in [0.15, 0.2) is 52.6 Å². The quantitative estimate of drug-likeness (QED) is 0.503. The molecule has 1 heterocycles. The number of halogens is 1. The highest BCUT2D eigenvalue weighted by Gasteiger charge is 2.32. The number of aliphatic carboxylic acids is 1. The van der Waals surface area contributed by atoms with E-state index >= 15 is 0 Å². The summed E-state index contributed by atoms with van der Waals surface area (Å²) in [6, 6.07) is 12.0. The molecule has 0 unspecified atom stereocenters. The first kappa shape index (κ1) is 19.8. The maximum atomic E-state index is 12.9. The third-order valence-electron chi connectivity index (χ3n) is 3.83. The van der Waals surface area contributed by atoms with Crippen LogP contribution in [0, 0.1) is 0 Å². The highest BCUT2D eigenvalue weighted by molar-refractivity contribution is 9.10. The summed E-state index contributed by atoms with van der Waals surface area (Å²) in [5.74, 6) is -0.427. The number of rotatable bonds is 6. The van der Waals surface area contributed by atoms with Gasteiger partial charge in [0.15, 0.2) is 11.7 Å². The minimum atomic E-state index is -1.09. The summed E-state index contributed by atoms with van der Waals surface area (Å²) in [6.45, 7) is -0.491. The molecule has 7 nitrogen and oxygen atoms in total. The van der Waals surface area contributed by atoms with Gasteiger partial charge in [-0.05, 0) is 60.8 Å². The highest BCUT2D eigenvalue weighted by atomic mass is 79.9. The average molecular weight is 463 g/mol. The molecule has 0 aliphatic carbocycles. The predicted octanol–water partition coefficient (Wildman–Crippen LogP) is 3.18. The molecule has 2 aromatic carbocycles. The first-order valence-corrected chi connectivity index (χ1v) is 9.24. The fourth-order valence-electron chi connectivity index (χ4n) is 2.56. The predicted molar refractivity (Wildman–Crippen MR) is 111 cm³/mol. The van der Waals surface area contributed by atoms with E-state index in [0.717, 1.165) is 4.47 Å². The van der Waals surface area contributed by atoms with Gasteiger partial charge in [-0.3, -0.25) is 9.69 Å². The first-order chi connectivity index (χ1) is 13.4. The zero-order chi connectivity index (χ0) is 20.3. The number of carboxylic acids is 1. The lowest BCUT2D eigenvalue weighted by Crippen LogP contribution is -2.30. The molecule has 2 aromatic rings. The van der Waals surface area contributed by atoms with Gasteiger partial charge in [-0.15, -0.1) is 0 Å². The highest BCUT2D eigenvalue weighted by Crippen LogP contribution is 2.28. The topological polar surface area (TPSA) is 88.1 Å². The van der Waals surface area contributed by atoms with Crippen LogP contribution in [0.5, 0.6) is 11.5 Å². The number of nitrogens with zero attached hydrogens (tertiary/aromatic N) is 1. The molecule has 0 radical (unpaired) electrons. The summed E-state index contributed by atoms with van der Waals surface area (Å²) in [4.78, 5) is 25.0. The molecule has 0 bridgehead atoms. The standard InChI is InChI=1S/C19H15BrN2O5S/c1-26-14-5-3-13(4-6-14)22-18(25)15(21-19(22)28)9-11-8-12(20)2-7-16(11)27-10-17(23)24/h2-9H,10H2,1H3,(H,21,28)(H,23,24)/b15-9-. The Morgan fingerprint density at radius 1 is 1.29 bits per heavy atom. The maximum Gasteiger partial charge on any atom is 0.341 e. The van der Waals surface area contributed by atoms with E-state index in [2.05, 4.69) is 21.2 Å². The summed E-state index contributed by atoms with van der Waals surface area (Å²) in [5, 5.41) is 12.0. The van der Waals surface area contributed by atoms with Gasteiger partial charge in [-0.2, -0.15) is 0 Å². The van der Waals surface area contributed by atoms with Crippen LogP contribution in [0.1, 0.15) is 5.56 Å². The molecule has 1 fully saturated rings. The number of thiocarbonyl (C=S) groups is 1. The fourth-order valence-corrected chi connectivity index (χ4v) is 3.24. The van der Waals surface area contributed by atoms with Crippen molar-refractivity contribution in [1.82, 2.24) is 5.32 Å². The van der Waals surface area contributed by atoms with Crippen LogP contribution in [-0.2, 0) is 9.59 Å². The van der Waals surface area contributed by atoms with Gasteiger partial charge in [0.1, 0.15) is 17.2 Å². The Balaban J connectivity index is 1.91. The van der Waals surface area contributed by atoms with Crippen molar-refractivity contribution in [2.75, 3.05) is 18.6 Å². The molecule has 3 rings (SSSR count). The van der Waals surface area contributed by atoms with E-state index in [1.807, 2.05) is 0 Å². The summed E-state index contributed by atoms with van der Waals surface area (Å²) in [6.07, 6.45) is 1.57. The fraction of sp³-hybridized carbons (Fsp3) is 0.105.